The minimum absolute atomic E-state index is 0.129. The molecule has 19 heavy (non-hydrogen) atoms. The van der Waals surface area contributed by atoms with Crippen LogP contribution in [0.25, 0.3) is 10.1 Å². The van der Waals surface area contributed by atoms with E-state index in [1.54, 1.807) is 12.4 Å². The van der Waals surface area contributed by atoms with Crippen LogP contribution in [0.3, 0.4) is 0 Å². The van der Waals surface area contributed by atoms with Gasteiger partial charge in [-0.15, -0.1) is 11.3 Å². The van der Waals surface area contributed by atoms with Crippen molar-refractivity contribution in [3.05, 3.63) is 23.3 Å². The number of nitrogens with two attached hydrogens (primary N) is 1. The Morgan fingerprint density at radius 2 is 2.42 bits per heavy atom. The standard InChI is InChI=1S/C13H17N3O2S/c1-2-18-7-3-5-16-13(17)12-11(14)9-4-6-15-8-10(9)19-12/h4,6,8H,2-3,5,7,14H2,1H3,(H,16,17). The van der Waals surface area contributed by atoms with Gasteiger partial charge in [-0.25, -0.2) is 0 Å². The third-order valence-electron chi connectivity index (χ3n) is 2.69. The Kier molecular flexibility index (Phi) is 4.70. The Morgan fingerprint density at radius 3 is 3.16 bits per heavy atom. The fourth-order valence-corrected chi connectivity index (χ4v) is 2.75. The molecule has 0 aliphatic heterocycles. The normalized spacial score (nSPS) is 10.8. The molecular formula is C13H17N3O2S. The van der Waals surface area contributed by atoms with E-state index in [1.807, 2.05) is 13.0 Å². The van der Waals surface area contributed by atoms with Crippen molar-refractivity contribution in [1.29, 1.82) is 0 Å². The molecule has 0 saturated carbocycles. The molecule has 0 saturated heterocycles. The minimum Gasteiger partial charge on any atom is -0.397 e. The summed E-state index contributed by atoms with van der Waals surface area (Å²) < 4.78 is 6.14. The second-order valence-electron chi connectivity index (χ2n) is 4.02. The van der Waals surface area contributed by atoms with Gasteiger partial charge < -0.3 is 15.8 Å². The van der Waals surface area contributed by atoms with Crippen molar-refractivity contribution in [2.24, 2.45) is 0 Å². The molecule has 0 aromatic carbocycles. The molecule has 0 bridgehead atoms. The summed E-state index contributed by atoms with van der Waals surface area (Å²) in [4.78, 5) is 16.6. The van der Waals surface area contributed by atoms with Crippen LogP contribution >= 0.6 is 11.3 Å². The lowest BCUT2D eigenvalue weighted by molar-refractivity contribution is 0.0949. The Bertz CT molecular complexity index is 568. The van der Waals surface area contributed by atoms with Crippen LogP contribution in [-0.4, -0.2) is 30.6 Å². The van der Waals surface area contributed by atoms with Crippen LogP contribution in [-0.2, 0) is 4.74 Å². The maximum atomic E-state index is 12.0. The number of rotatable bonds is 6. The van der Waals surface area contributed by atoms with Gasteiger partial charge in [0.1, 0.15) is 4.88 Å². The molecule has 1 amide bonds. The van der Waals surface area contributed by atoms with E-state index in [-0.39, 0.29) is 5.91 Å². The number of carbonyl (C=O) groups excluding carboxylic acids is 1. The molecule has 0 atom stereocenters. The minimum atomic E-state index is -0.129. The van der Waals surface area contributed by atoms with Crippen LogP contribution in [0, 0.1) is 0 Å². The zero-order valence-electron chi connectivity index (χ0n) is 10.8. The van der Waals surface area contributed by atoms with Crippen LogP contribution in [0.15, 0.2) is 18.5 Å². The zero-order valence-corrected chi connectivity index (χ0v) is 11.6. The highest BCUT2D eigenvalue weighted by Crippen LogP contribution is 2.32. The lowest BCUT2D eigenvalue weighted by Gasteiger charge is -2.04. The summed E-state index contributed by atoms with van der Waals surface area (Å²) in [6, 6.07) is 1.83. The van der Waals surface area contributed by atoms with Crippen molar-refractivity contribution in [3.63, 3.8) is 0 Å². The number of anilines is 1. The first-order valence-electron chi connectivity index (χ1n) is 6.22. The fraction of sp³-hybridized carbons (Fsp3) is 0.385. The van der Waals surface area contributed by atoms with Gasteiger partial charge in [0, 0.05) is 37.5 Å². The maximum Gasteiger partial charge on any atom is 0.263 e. The van der Waals surface area contributed by atoms with Gasteiger partial charge in [-0.2, -0.15) is 0 Å². The smallest absolute Gasteiger partial charge is 0.263 e. The number of ether oxygens (including phenoxy) is 1. The van der Waals surface area contributed by atoms with Crippen molar-refractivity contribution < 1.29 is 9.53 Å². The number of nitrogen functional groups attached to an aromatic ring is 1. The summed E-state index contributed by atoms with van der Waals surface area (Å²) in [7, 11) is 0. The van der Waals surface area contributed by atoms with E-state index in [0.29, 0.717) is 30.3 Å². The molecule has 0 unspecified atom stereocenters. The first-order chi connectivity index (χ1) is 9.24. The second-order valence-corrected chi connectivity index (χ2v) is 5.08. The molecule has 102 valence electrons. The van der Waals surface area contributed by atoms with E-state index in [4.69, 9.17) is 10.5 Å². The number of hydrogen-bond acceptors (Lipinski definition) is 5. The Balaban J connectivity index is 1.99. The highest BCUT2D eigenvalue weighted by molar-refractivity contribution is 7.21. The quantitative estimate of drug-likeness (QED) is 0.793. The monoisotopic (exact) mass is 279 g/mol. The topological polar surface area (TPSA) is 77.2 Å². The summed E-state index contributed by atoms with van der Waals surface area (Å²) in [6.45, 7) is 3.89. The van der Waals surface area contributed by atoms with Crippen molar-refractivity contribution in [1.82, 2.24) is 10.3 Å². The number of hydrogen-bond donors (Lipinski definition) is 2. The van der Waals surface area contributed by atoms with E-state index in [2.05, 4.69) is 10.3 Å². The van der Waals surface area contributed by atoms with Gasteiger partial charge in [0.15, 0.2) is 0 Å². The fourth-order valence-electron chi connectivity index (χ4n) is 1.74. The summed E-state index contributed by atoms with van der Waals surface area (Å²) in [5.41, 5.74) is 6.52. The highest BCUT2D eigenvalue weighted by atomic mass is 32.1. The van der Waals surface area contributed by atoms with Crippen molar-refractivity contribution in [2.45, 2.75) is 13.3 Å². The molecule has 2 aromatic heterocycles. The van der Waals surface area contributed by atoms with E-state index < -0.39 is 0 Å². The number of thiophene rings is 1. The number of amides is 1. The zero-order chi connectivity index (χ0) is 13.7. The average Bonchev–Trinajstić information content (AvgIpc) is 2.76. The van der Waals surface area contributed by atoms with Crippen molar-refractivity contribution in [2.75, 3.05) is 25.5 Å². The molecule has 0 spiro atoms. The lowest BCUT2D eigenvalue weighted by Crippen LogP contribution is -2.25. The third kappa shape index (κ3) is 3.21. The molecule has 2 aromatic rings. The number of fused-ring (bicyclic) bond motifs is 1. The molecule has 0 radical (unpaired) electrons. The summed E-state index contributed by atoms with van der Waals surface area (Å²) >= 11 is 1.37. The second kappa shape index (κ2) is 6.49. The molecule has 0 aliphatic carbocycles. The van der Waals surface area contributed by atoms with Crippen LogP contribution in [0.4, 0.5) is 5.69 Å². The maximum absolute atomic E-state index is 12.0. The predicted molar refractivity (Wildman–Crippen MR) is 77.5 cm³/mol. The number of nitrogens with one attached hydrogen (secondary N) is 1. The summed E-state index contributed by atoms with van der Waals surface area (Å²) in [5, 5.41) is 3.74. The Hall–Kier alpha value is -1.66. The van der Waals surface area contributed by atoms with Gasteiger partial charge in [0.05, 0.1) is 10.4 Å². The summed E-state index contributed by atoms with van der Waals surface area (Å²) in [6.07, 6.45) is 4.20. The van der Waals surface area contributed by atoms with Crippen molar-refractivity contribution >= 4 is 33.0 Å². The van der Waals surface area contributed by atoms with E-state index in [0.717, 1.165) is 16.5 Å². The molecule has 0 fully saturated rings. The van der Waals surface area contributed by atoms with Crippen LogP contribution in [0.1, 0.15) is 23.0 Å². The van der Waals surface area contributed by atoms with Crippen molar-refractivity contribution in [3.8, 4) is 0 Å². The molecule has 2 heterocycles. The first-order valence-corrected chi connectivity index (χ1v) is 7.03. The van der Waals surface area contributed by atoms with Crippen LogP contribution < -0.4 is 11.1 Å². The molecule has 6 heteroatoms. The van der Waals surface area contributed by atoms with Gasteiger partial charge in [0.25, 0.3) is 5.91 Å². The molecule has 0 aliphatic rings. The van der Waals surface area contributed by atoms with Gasteiger partial charge in [-0.1, -0.05) is 0 Å². The van der Waals surface area contributed by atoms with Gasteiger partial charge in [-0.05, 0) is 19.4 Å². The largest absolute Gasteiger partial charge is 0.397 e. The van der Waals surface area contributed by atoms with E-state index in [1.165, 1.54) is 11.3 Å². The van der Waals surface area contributed by atoms with Gasteiger partial charge in [-0.3, -0.25) is 9.78 Å². The van der Waals surface area contributed by atoms with Gasteiger partial charge >= 0.3 is 0 Å². The molecule has 3 N–H and O–H groups in total. The Morgan fingerprint density at radius 1 is 1.58 bits per heavy atom. The van der Waals surface area contributed by atoms with E-state index >= 15 is 0 Å². The molecular weight excluding hydrogens is 262 g/mol. The number of carbonyl (C=O) groups is 1. The number of pyridine rings is 1. The lowest BCUT2D eigenvalue weighted by atomic mass is 10.2. The predicted octanol–water partition coefficient (Wildman–Crippen LogP) is 2.03. The van der Waals surface area contributed by atoms with Crippen LogP contribution in [0.2, 0.25) is 0 Å². The van der Waals surface area contributed by atoms with E-state index in [9.17, 15) is 4.79 Å². The molecule has 2 rings (SSSR count). The first kappa shape index (κ1) is 13.8. The van der Waals surface area contributed by atoms with Crippen LogP contribution in [0.5, 0.6) is 0 Å². The number of nitrogens with zero attached hydrogens (tertiary/aromatic N) is 1. The highest BCUT2D eigenvalue weighted by Gasteiger charge is 2.15. The number of aromatic nitrogens is 1. The molecule has 5 nitrogen and oxygen atoms in total. The average molecular weight is 279 g/mol. The SMILES string of the molecule is CCOCCCNC(=O)c1sc2cnccc2c1N. The Labute approximate surface area is 115 Å². The van der Waals surface area contributed by atoms with Gasteiger partial charge in [0.2, 0.25) is 0 Å². The summed E-state index contributed by atoms with van der Waals surface area (Å²) in [5.74, 6) is -0.129. The third-order valence-corrected chi connectivity index (χ3v) is 3.85.